The van der Waals surface area contributed by atoms with Crippen molar-refractivity contribution in [2.75, 3.05) is 0 Å². The fourth-order valence-electron chi connectivity index (χ4n) is 1.97. The first-order valence-corrected chi connectivity index (χ1v) is 7.77. The lowest BCUT2D eigenvalue weighted by atomic mass is 10.2. The van der Waals surface area contributed by atoms with E-state index in [-0.39, 0.29) is 5.69 Å². The van der Waals surface area contributed by atoms with Crippen molar-refractivity contribution in [3.05, 3.63) is 76.5 Å². The Morgan fingerprint density at radius 3 is 2.33 bits per heavy atom. The Morgan fingerprint density at radius 2 is 1.58 bits per heavy atom. The summed E-state index contributed by atoms with van der Waals surface area (Å²) < 4.78 is 2.11. The van der Waals surface area contributed by atoms with Crippen LogP contribution in [0.2, 0.25) is 0 Å². The van der Waals surface area contributed by atoms with Gasteiger partial charge < -0.3 is 0 Å². The number of nitrogens with zero attached hydrogens (tertiary/aromatic N) is 3. The summed E-state index contributed by atoms with van der Waals surface area (Å²) in [5.74, 6) is -0.996. The van der Waals surface area contributed by atoms with Gasteiger partial charge in [0.25, 0.3) is 11.8 Å². The predicted octanol–water partition coefficient (Wildman–Crippen LogP) is 2.10. The third kappa shape index (κ3) is 3.49. The van der Waals surface area contributed by atoms with Crippen molar-refractivity contribution in [3.63, 3.8) is 0 Å². The summed E-state index contributed by atoms with van der Waals surface area (Å²) in [5, 5.41) is 7.69. The van der Waals surface area contributed by atoms with Crippen molar-refractivity contribution in [2.45, 2.75) is 0 Å². The standard InChI is InChI=1S/C16H12BrN5O2/c17-13-9-5-4-8-12(13)15(23)19-20-16(24)14-10-22(21-18-14)11-6-2-1-3-7-11/h1-10H,(H,19,23)(H,20,24). The minimum Gasteiger partial charge on any atom is -0.267 e. The number of carbonyl (C=O) groups excluding carboxylic acids is 2. The molecule has 0 radical (unpaired) electrons. The largest absolute Gasteiger partial charge is 0.291 e. The summed E-state index contributed by atoms with van der Waals surface area (Å²) in [6.45, 7) is 0. The second kappa shape index (κ2) is 7.05. The number of hydrogen-bond acceptors (Lipinski definition) is 4. The molecule has 24 heavy (non-hydrogen) atoms. The molecular formula is C16H12BrN5O2. The molecule has 2 aromatic carbocycles. The number of aromatic nitrogens is 3. The molecule has 3 rings (SSSR count). The average molecular weight is 386 g/mol. The first-order chi connectivity index (χ1) is 11.6. The Morgan fingerprint density at radius 1 is 0.917 bits per heavy atom. The highest BCUT2D eigenvalue weighted by molar-refractivity contribution is 9.10. The van der Waals surface area contributed by atoms with Gasteiger partial charge in [0.15, 0.2) is 5.69 Å². The number of para-hydroxylation sites is 1. The van der Waals surface area contributed by atoms with Gasteiger partial charge in [0.2, 0.25) is 0 Å². The molecule has 0 spiro atoms. The molecule has 3 aromatic rings. The highest BCUT2D eigenvalue weighted by Crippen LogP contribution is 2.15. The molecule has 0 aliphatic rings. The van der Waals surface area contributed by atoms with Crippen LogP contribution in [0.4, 0.5) is 0 Å². The molecule has 7 nitrogen and oxygen atoms in total. The van der Waals surface area contributed by atoms with E-state index in [1.807, 2.05) is 30.3 Å². The second-order valence-electron chi connectivity index (χ2n) is 4.77. The van der Waals surface area contributed by atoms with Crippen LogP contribution in [-0.2, 0) is 0 Å². The summed E-state index contributed by atoms with van der Waals surface area (Å²) in [7, 11) is 0. The molecule has 0 atom stereocenters. The fraction of sp³-hybridized carbons (Fsp3) is 0. The molecular weight excluding hydrogens is 374 g/mol. The van der Waals surface area contributed by atoms with Crippen LogP contribution < -0.4 is 10.9 Å². The van der Waals surface area contributed by atoms with Gasteiger partial charge in [0, 0.05) is 4.47 Å². The van der Waals surface area contributed by atoms with Crippen LogP contribution in [0.1, 0.15) is 20.8 Å². The van der Waals surface area contributed by atoms with Gasteiger partial charge in [0.05, 0.1) is 17.4 Å². The summed E-state index contributed by atoms with van der Waals surface area (Å²) >= 11 is 3.28. The zero-order valence-corrected chi connectivity index (χ0v) is 13.9. The lowest BCUT2D eigenvalue weighted by Gasteiger charge is -2.06. The molecule has 8 heteroatoms. The van der Waals surface area contributed by atoms with Crippen molar-refractivity contribution in [1.82, 2.24) is 25.8 Å². The molecule has 0 bridgehead atoms. The number of amides is 2. The van der Waals surface area contributed by atoms with Crippen LogP contribution in [-0.4, -0.2) is 26.8 Å². The van der Waals surface area contributed by atoms with Crippen LogP contribution in [0.25, 0.3) is 5.69 Å². The van der Waals surface area contributed by atoms with Gasteiger partial charge in [0.1, 0.15) is 0 Å². The van der Waals surface area contributed by atoms with Gasteiger partial charge >= 0.3 is 0 Å². The number of hydrogen-bond donors (Lipinski definition) is 2. The van der Waals surface area contributed by atoms with E-state index in [1.54, 1.807) is 24.3 Å². The normalized spacial score (nSPS) is 10.2. The molecule has 0 saturated carbocycles. The minimum atomic E-state index is -0.558. The quantitative estimate of drug-likeness (QED) is 0.675. The van der Waals surface area contributed by atoms with Gasteiger partial charge in [-0.3, -0.25) is 20.4 Å². The number of carbonyl (C=O) groups is 2. The molecule has 1 heterocycles. The van der Waals surface area contributed by atoms with E-state index >= 15 is 0 Å². The predicted molar refractivity (Wildman–Crippen MR) is 90.4 cm³/mol. The molecule has 2 amide bonds. The van der Waals surface area contributed by atoms with E-state index in [4.69, 9.17) is 0 Å². The molecule has 0 aliphatic carbocycles. The Balaban J connectivity index is 1.65. The summed E-state index contributed by atoms with van der Waals surface area (Å²) in [4.78, 5) is 24.1. The molecule has 1 aromatic heterocycles. The first-order valence-electron chi connectivity index (χ1n) is 6.98. The van der Waals surface area contributed by atoms with Gasteiger partial charge in [-0.05, 0) is 40.2 Å². The Bertz CT molecular complexity index is 879. The van der Waals surface area contributed by atoms with Crippen molar-refractivity contribution in [3.8, 4) is 5.69 Å². The third-order valence-corrected chi connectivity index (χ3v) is 3.85. The van der Waals surface area contributed by atoms with Gasteiger partial charge in [-0.1, -0.05) is 35.5 Å². The van der Waals surface area contributed by atoms with E-state index in [1.165, 1.54) is 10.9 Å². The van der Waals surface area contributed by atoms with Gasteiger partial charge in [-0.2, -0.15) is 0 Å². The summed E-state index contributed by atoms with van der Waals surface area (Å²) in [6.07, 6.45) is 1.48. The highest BCUT2D eigenvalue weighted by atomic mass is 79.9. The topological polar surface area (TPSA) is 88.9 Å². The molecule has 0 aliphatic heterocycles. The van der Waals surface area contributed by atoms with E-state index in [0.717, 1.165) is 5.69 Å². The maximum Gasteiger partial charge on any atom is 0.291 e. The summed E-state index contributed by atoms with van der Waals surface area (Å²) in [6, 6.07) is 16.2. The smallest absolute Gasteiger partial charge is 0.267 e. The lowest BCUT2D eigenvalue weighted by Crippen LogP contribution is -2.41. The maximum absolute atomic E-state index is 12.1. The van der Waals surface area contributed by atoms with Crippen molar-refractivity contribution in [1.29, 1.82) is 0 Å². The Hall–Kier alpha value is -3.00. The SMILES string of the molecule is O=C(NNC(=O)c1ccccc1Br)c1cn(-c2ccccc2)nn1. The minimum absolute atomic E-state index is 0.0891. The summed E-state index contributed by atoms with van der Waals surface area (Å²) in [5.41, 5.74) is 5.93. The maximum atomic E-state index is 12.1. The lowest BCUT2D eigenvalue weighted by molar-refractivity contribution is 0.0843. The van der Waals surface area contributed by atoms with Gasteiger partial charge in [-0.15, -0.1) is 5.10 Å². The number of benzene rings is 2. The van der Waals surface area contributed by atoms with Crippen LogP contribution in [0, 0.1) is 0 Å². The van der Waals surface area contributed by atoms with Crippen LogP contribution in [0.15, 0.2) is 65.3 Å². The Labute approximate surface area is 145 Å². The zero-order chi connectivity index (χ0) is 16.9. The number of rotatable bonds is 3. The number of halogens is 1. The van der Waals surface area contributed by atoms with Crippen LogP contribution >= 0.6 is 15.9 Å². The monoisotopic (exact) mass is 385 g/mol. The van der Waals surface area contributed by atoms with E-state index in [0.29, 0.717) is 10.0 Å². The average Bonchev–Trinajstić information content (AvgIpc) is 3.11. The zero-order valence-electron chi connectivity index (χ0n) is 12.3. The van der Waals surface area contributed by atoms with Crippen molar-refractivity contribution in [2.24, 2.45) is 0 Å². The molecule has 0 fully saturated rings. The Kier molecular flexibility index (Phi) is 4.66. The number of nitrogens with one attached hydrogen (secondary N) is 2. The van der Waals surface area contributed by atoms with Crippen molar-refractivity contribution >= 4 is 27.7 Å². The van der Waals surface area contributed by atoms with E-state index in [9.17, 15) is 9.59 Å². The molecule has 2 N–H and O–H groups in total. The number of hydrazine groups is 1. The van der Waals surface area contributed by atoms with Crippen LogP contribution in [0.5, 0.6) is 0 Å². The fourth-order valence-corrected chi connectivity index (χ4v) is 2.43. The second-order valence-corrected chi connectivity index (χ2v) is 5.63. The third-order valence-electron chi connectivity index (χ3n) is 3.15. The molecule has 0 saturated heterocycles. The van der Waals surface area contributed by atoms with E-state index < -0.39 is 11.8 Å². The van der Waals surface area contributed by atoms with Gasteiger partial charge in [-0.25, -0.2) is 4.68 Å². The van der Waals surface area contributed by atoms with Crippen molar-refractivity contribution < 1.29 is 9.59 Å². The van der Waals surface area contributed by atoms with E-state index in [2.05, 4.69) is 37.1 Å². The molecule has 120 valence electrons. The highest BCUT2D eigenvalue weighted by Gasteiger charge is 2.14. The van der Waals surface area contributed by atoms with Crippen LogP contribution in [0.3, 0.4) is 0 Å². The molecule has 0 unspecified atom stereocenters. The first kappa shape index (κ1) is 15.9.